The summed E-state index contributed by atoms with van der Waals surface area (Å²) in [6.45, 7) is 7.04. The Hall–Kier alpha value is -4.88. The number of ether oxygens (including phenoxy) is 6. The lowest BCUT2D eigenvalue weighted by Crippen LogP contribution is -2.68. The van der Waals surface area contributed by atoms with Gasteiger partial charge in [-0.1, -0.05) is 6.07 Å². The number of fused-ring (bicyclic) bond motifs is 9. The lowest BCUT2D eigenvalue weighted by atomic mass is 9.76. The molecule has 8 rings (SSSR count). The van der Waals surface area contributed by atoms with Crippen molar-refractivity contribution in [2.24, 2.45) is 0 Å². The summed E-state index contributed by atoms with van der Waals surface area (Å²) in [7, 11) is 5.00. The molecule has 2 fully saturated rings. The fraction of sp³-hybridized carbons (Fsp3) is 0.488. The predicted molar refractivity (Wildman–Crippen MR) is 205 cm³/mol. The summed E-state index contributed by atoms with van der Waals surface area (Å²) in [6.07, 6.45) is 1.05. The number of rotatable bonds is 4. The number of nitriles is 1. The standard InChI is InChI=1S/C41H46N4O10S/c1-19-10-24-11-26-27(14-42)45-28(32-20(2)37(55-22(4)46)21(3)38-39(32)54-18-53-38)15-52-40(49)41(25-13-31(50-6)30(47)12-23(25)8-9-43-41)17-56-16-29(45)34(44(26)5)33(24)35(48)36(19)51-7/h10,12-13,26-29,34,43,47-48H,8-9,11,15-18H2,1-7H3/t26-,27+,28+,29+,34-,41-/m1/s1. The number of piperazine rings is 1. The molecule has 15 heteroatoms. The van der Waals surface area contributed by atoms with E-state index in [-0.39, 0.29) is 42.4 Å². The van der Waals surface area contributed by atoms with Gasteiger partial charge in [-0.2, -0.15) is 17.0 Å². The van der Waals surface area contributed by atoms with Gasteiger partial charge in [0.2, 0.25) is 6.79 Å². The average Bonchev–Trinajstić information content (AvgIpc) is 3.65. The molecule has 0 aliphatic carbocycles. The highest BCUT2D eigenvalue weighted by molar-refractivity contribution is 7.99. The molecule has 14 nitrogen and oxygen atoms in total. The molecule has 1 spiro atoms. The highest BCUT2D eigenvalue weighted by atomic mass is 32.2. The summed E-state index contributed by atoms with van der Waals surface area (Å²) in [5, 5.41) is 37.4. The number of carbonyl (C=O) groups excluding carboxylic acids is 2. The summed E-state index contributed by atoms with van der Waals surface area (Å²) in [5.74, 6) is 1.48. The van der Waals surface area contributed by atoms with Gasteiger partial charge in [-0.15, -0.1) is 0 Å². The van der Waals surface area contributed by atoms with Crippen molar-refractivity contribution < 1.29 is 48.2 Å². The Labute approximate surface area is 329 Å². The minimum absolute atomic E-state index is 0.0156. The van der Waals surface area contributed by atoms with E-state index < -0.39 is 41.6 Å². The van der Waals surface area contributed by atoms with Crippen LogP contribution in [-0.2, 0) is 32.7 Å². The van der Waals surface area contributed by atoms with Crippen LogP contribution in [0.4, 0.5) is 0 Å². The largest absolute Gasteiger partial charge is 0.504 e. The van der Waals surface area contributed by atoms with E-state index in [4.69, 9.17) is 28.4 Å². The Morgan fingerprint density at radius 3 is 2.50 bits per heavy atom. The number of cyclic esters (lactones) is 1. The molecule has 3 aromatic carbocycles. The summed E-state index contributed by atoms with van der Waals surface area (Å²) in [5.41, 5.74) is 4.37. The van der Waals surface area contributed by atoms with Gasteiger partial charge < -0.3 is 38.6 Å². The maximum absolute atomic E-state index is 14.8. The van der Waals surface area contributed by atoms with E-state index in [1.807, 2.05) is 27.0 Å². The number of phenolic OH excluding ortho intramolecular Hbond substituents is 2. The van der Waals surface area contributed by atoms with Gasteiger partial charge in [-0.3, -0.25) is 19.9 Å². The van der Waals surface area contributed by atoms with Crippen molar-refractivity contribution >= 4 is 23.7 Å². The number of methoxy groups -OCH3 is 2. The maximum atomic E-state index is 14.8. The third-order valence-electron chi connectivity index (χ3n) is 12.3. The van der Waals surface area contributed by atoms with Gasteiger partial charge in [0.05, 0.1) is 32.4 Å². The molecule has 0 radical (unpaired) electrons. The van der Waals surface area contributed by atoms with Gasteiger partial charge in [0, 0.05) is 59.3 Å². The highest BCUT2D eigenvalue weighted by Crippen LogP contribution is 2.56. The smallest absolute Gasteiger partial charge is 0.331 e. The van der Waals surface area contributed by atoms with Crippen molar-refractivity contribution in [3.8, 4) is 46.3 Å². The molecule has 2 saturated heterocycles. The Bertz CT molecular complexity index is 2190. The Morgan fingerprint density at radius 2 is 1.79 bits per heavy atom. The molecule has 6 atom stereocenters. The minimum atomic E-state index is -1.32. The van der Waals surface area contributed by atoms with Crippen molar-refractivity contribution in [3.05, 3.63) is 62.7 Å². The number of benzene rings is 3. The third-order valence-corrected chi connectivity index (χ3v) is 13.5. The van der Waals surface area contributed by atoms with Crippen LogP contribution in [-0.4, -0.2) is 103 Å². The number of aromatic hydroxyl groups is 2. The molecule has 5 heterocycles. The van der Waals surface area contributed by atoms with Crippen LogP contribution in [0.15, 0.2) is 18.2 Å². The summed E-state index contributed by atoms with van der Waals surface area (Å²) >= 11 is 1.54. The first-order chi connectivity index (χ1) is 26.9. The summed E-state index contributed by atoms with van der Waals surface area (Å²) < 4.78 is 35.7. The van der Waals surface area contributed by atoms with E-state index in [9.17, 15) is 25.1 Å². The number of nitrogens with zero attached hydrogens (tertiary/aromatic N) is 3. The molecule has 0 unspecified atom stereocenters. The molecule has 2 bridgehead atoms. The zero-order valence-electron chi connectivity index (χ0n) is 32.5. The van der Waals surface area contributed by atoms with E-state index in [1.165, 1.54) is 25.8 Å². The molecular weight excluding hydrogens is 741 g/mol. The fourth-order valence-electron chi connectivity index (χ4n) is 9.84. The second kappa shape index (κ2) is 14.3. The Balaban J connectivity index is 1.36. The van der Waals surface area contributed by atoms with Crippen LogP contribution in [0, 0.1) is 32.1 Å². The van der Waals surface area contributed by atoms with Gasteiger partial charge in [-0.25, -0.2) is 4.79 Å². The van der Waals surface area contributed by atoms with Gasteiger partial charge in [0.25, 0.3) is 0 Å². The maximum Gasteiger partial charge on any atom is 0.331 e. The number of hydrogen-bond acceptors (Lipinski definition) is 15. The van der Waals surface area contributed by atoms with Crippen LogP contribution in [0.1, 0.15) is 63.5 Å². The SMILES string of the molecule is COc1cc2c(cc1O)CCN[C@]21CSC[C@H]2[C@@H]3c4c(cc(C)c(OC)c4O)C[C@H]([C@H](C#N)N2[C@H](c2c(C)c(OC(C)=O)c(C)c4c2OCO4)COC1=O)N3C. The zero-order valence-corrected chi connectivity index (χ0v) is 33.3. The first-order valence-electron chi connectivity index (χ1n) is 18.7. The number of carbonyl (C=O) groups is 2. The van der Waals surface area contributed by atoms with Crippen LogP contribution >= 0.6 is 11.8 Å². The van der Waals surface area contributed by atoms with Gasteiger partial charge >= 0.3 is 11.9 Å². The molecule has 5 aliphatic heterocycles. The normalized spacial score (nSPS) is 27.0. The molecule has 296 valence electrons. The van der Waals surface area contributed by atoms with Crippen molar-refractivity contribution in [2.45, 2.75) is 76.3 Å². The lowest BCUT2D eigenvalue weighted by molar-refractivity contribution is -0.156. The highest BCUT2D eigenvalue weighted by Gasteiger charge is 2.56. The lowest BCUT2D eigenvalue weighted by Gasteiger charge is -2.58. The average molecular weight is 787 g/mol. The monoisotopic (exact) mass is 786 g/mol. The number of nitrogens with one attached hydrogen (secondary N) is 1. The quantitative estimate of drug-likeness (QED) is 0.253. The second-order valence-corrected chi connectivity index (χ2v) is 16.2. The fourth-order valence-corrected chi connectivity index (χ4v) is 11.2. The molecule has 56 heavy (non-hydrogen) atoms. The van der Waals surface area contributed by atoms with Crippen molar-refractivity contribution in [3.63, 3.8) is 0 Å². The number of esters is 2. The third kappa shape index (κ3) is 5.63. The molecular formula is C41H46N4O10S. The Kier molecular flexibility index (Phi) is 9.67. The zero-order chi connectivity index (χ0) is 39.8. The van der Waals surface area contributed by atoms with E-state index in [2.05, 4.69) is 21.2 Å². The van der Waals surface area contributed by atoms with E-state index in [1.54, 1.807) is 26.2 Å². The Morgan fingerprint density at radius 1 is 1.02 bits per heavy atom. The van der Waals surface area contributed by atoms with Crippen LogP contribution in [0.25, 0.3) is 0 Å². The number of thioether (sulfide) groups is 1. The summed E-state index contributed by atoms with van der Waals surface area (Å²) in [4.78, 5) is 31.6. The first-order valence-corrected chi connectivity index (χ1v) is 19.8. The minimum Gasteiger partial charge on any atom is -0.504 e. The number of phenols is 2. The second-order valence-electron chi connectivity index (χ2n) is 15.2. The van der Waals surface area contributed by atoms with E-state index >= 15 is 0 Å². The van der Waals surface area contributed by atoms with Gasteiger partial charge in [-0.05, 0) is 75.0 Å². The van der Waals surface area contributed by atoms with Gasteiger partial charge in [0.15, 0.2) is 40.0 Å². The predicted octanol–water partition coefficient (Wildman–Crippen LogP) is 4.24. The van der Waals surface area contributed by atoms with E-state index in [0.717, 1.165) is 22.3 Å². The van der Waals surface area contributed by atoms with Crippen LogP contribution in [0.5, 0.6) is 40.2 Å². The van der Waals surface area contributed by atoms with Gasteiger partial charge in [0.1, 0.15) is 18.4 Å². The van der Waals surface area contributed by atoms with Crippen LogP contribution < -0.4 is 29.0 Å². The molecule has 5 aliphatic rings. The van der Waals surface area contributed by atoms with Crippen LogP contribution in [0.2, 0.25) is 0 Å². The molecule has 0 aromatic heterocycles. The number of hydrogen-bond donors (Lipinski definition) is 3. The van der Waals surface area contributed by atoms with Crippen molar-refractivity contribution in [1.29, 1.82) is 5.26 Å². The molecule has 0 saturated carbocycles. The molecule has 0 amide bonds. The van der Waals surface area contributed by atoms with Crippen molar-refractivity contribution in [1.82, 2.24) is 15.1 Å². The van der Waals surface area contributed by atoms with E-state index in [0.29, 0.717) is 70.4 Å². The number of likely N-dealkylation sites (N-methyl/N-ethyl adjacent to an activating group) is 1. The molecule has 3 N–H and O–H groups in total. The van der Waals surface area contributed by atoms with Crippen LogP contribution in [0.3, 0.4) is 0 Å². The van der Waals surface area contributed by atoms with Crippen molar-refractivity contribution in [2.75, 3.05) is 52.7 Å². The number of aryl methyl sites for hydroxylation is 1. The summed E-state index contributed by atoms with van der Waals surface area (Å²) in [6, 6.07) is 5.34. The molecule has 3 aromatic rings. The topological polar surface area (TPSA) is 172 Å². The first kappa shape index (κ1) is 38.0.